The first-order valence-electron chi connectivity index (χ1n) is 9.49. The number of anilines is 1. The number of hydrogen-bond donors (Lipinski definition) is 3. The second-order valence-corrected chi connectivity index (χ2v) is 7.88. The number of benzene rings is 1. The number of carbonyl (C=O) groups excluding carboxylic acids is 1. The zero-order valence-corrected chi connectivity index (χ0v) is 17.5. The Hall–Kier alpha value is -3.57. The van der Waals surface area contributed by atoms with Gasteiger partial charge < -0.3 is 20.2 Å². The molecular formula is C17H21B3FN7O3. The van der Waals surface area contributed by atoms with Crippen LogP contribution in [-0.2, 0) is 16.2 Å². The smallest absolute Gasteiger partial charge is 0.414 e. The van der Waals surface area contributed by atoms with E-state index in [9.17, 15) is 9.18 Å². The molecule has 0 bridgehead atoms. The lowest BCUT2D eigenvalue weighted by molar-refractivity contribution is 0.137. The van der Waals surface area contributed by atoms with Gasteiger partial charge in [-0.2, -0.15) is 0 Å². The van der Waals surface area contributed by atoms with Crippen LogP contribution in [0.25, 0.3) is 11.1 Å². The maximum atomic E-state index is 14.9. The van der Waals surface area contributed by atoms with Crippen molar-refractivity contribution in [1.82, 2.24) is 15.3 Å². The number of hydrogen-bond acceptors (Lipinski definition) is 8. The fourth-order valence-electron chi connectivity index (χ4n) is 2.62. The van der Waals surface area contributed by atoms with Crippen LogP contribution >= 0.6 is 0 Å². The first-order chi connectivity index (χ1) is 14.6. The van der Waals surface area contributed by atoms with Crippen molar-refractivity contribution in [2.45, 2.75) is 11.9 Å². The summed E-state index contributed by atoms with van der Waals surface area (Å²) in [6, 6.07) is 4.72. The third-order valence-corrected chi connectivity index (χ3v) is 4.10. The molecule has 3 rings (SSSR count). The highest BCUT2D eigenvalue weighted by Gasteiger charge is 2.26. The Kier molecular flexibility index (Phi) is 6.47. The van der Waals surface area contributed by atoms with Gasteiger partial charge in [-0.25, -0.2) is 19.2 Å². The van der Waals surface area contributed by atoms with Gasteiger partial charge in [-0.15, -0.1) is 0 Å². The van der Waals surface area contributed by atoms with E-state index < -0.39 is 17.9 Å². The number of amides is 1. The topological polar surface area (TPSA) is 139 Å². The van der Waals surface area contributed by atoms with Crippen molar-refractivity contribution in [2.75, 3.05) is 18.0 Å². The van der Waals surface area contributed by atoms with Crippen LogP contribution in [0, 0.1) is 11.2 Å². The van der Waals surface area contributed by atoms with E-state index in [4.69, 9.17) is 20.7 Å². The van der Waals surface area contributed by atoms with E-state index in [1.807, 2.05) is 33.8 Å². The Morgan fingerprint density at radius 1 is 1.32 bits per heavy atom. The summed E-state index contributed by atoms with van der Waals surface area (Å²) < 4.78 is 19.7. The van der Waals surface area contributed by atoms with E-state index in [2.05, 4.69) is 15.1 Å². The van der Waals surface area contributed by atoms with E-state index in [0.717, 1.165) is 5.71 Å². The average molecular weight is 423 g/mol. The van der Waals surface area contributed by atoms with Crippen LogP contribution in [0.2, 0.25) is 0 Å². The molecule has 2 aromatic rings. The number of nitrogens with one attached hydrogen (secondary N) is 2. The lowest BCUT2D eigenvalue weighted by atomic mass is 9.52. The van der Waals surface area contributed by atoms with Crippen molar-refractivity contribution in [3.63, 3.8) is 0 Å². The zero-order chi connectivity index (χ0) is 22.6. The molecule has 0 radical (unpaired) electrons. The SMILES string of the molecule is BC(B)(B)ON=C1CN(c2ncc(-c3cccc(COC(=O)NC(=N)N)c3F)cn2)C1. The standard InChI is InChI=1S/C17H21B3FN7O3/c18-17(19,20)31-27-11-6-28(7-11)15-24-4-10(5-25-15)12-3-1-2-9(13(12)21)8-30-16(29)26-14(22)23/h1-5H,6-8,18-20H2,(H4,22,23,26,29). The number of oxime groups is 1. The third-order valence-electron chi connectivity index (χ3n) is 4.10. The van der Waals surface area contributed by atoms with Crippen LogP contribution in [0.5, 0.6) is 0 Å². The van der Waals surface area contributed by atoms with E-state index >= 15 is 0 Å². The maximum absolute atomic E-state index is 14.9. The Labute approximate surface area is 181 Å². The molecule has 1 amide bonds. The molecule has 14 heteroatoms. The quantitative estimate of drug-likeness (QED) is 0.214. The number of guanidine groups is 1. The number of carbonyl (C=O) groups is 1. The van der Waals surface area contributed by atoms with Gasteiger partial charge in [0.05, 0.1) is 18.8 Å². The van der Waals surface area contributed by atoms with Crippen molar-refractivity contribution in [2.24, 2.45) is 10.9 Å². The molecule has 0 aliphatic carbocycles. The highest BCUT2D eigenvalue weighted by atomic mass is 19.1. The molecule has 2 heterocycles. The minimum absolute atomic E-state index is 0.169. The summed E-state index contributed by atoms with van der Waals surface area (Å²) in [7, 11) is 5.78. The monoisotopic (exact) mass is 423 g/mol. The molecule has 158 valence electrons. The number of aromatic nitrogens is 2. The lowest BCUT2D eigenvalue weighted by Gasteiger charge is -2.32. The third kappa shape index (κ3) is 5.97. The molecule has 1 fully saturated rings. The van der Waals surface area contributed by atoms with Gasteiger partial charge in [-0.3, -0.25) is 10.7 Å². The van der Waals surface area contributed by atoms with Gasteiger partial charge in [0.2, 0.25) is 5.95 Å². The summed E-state index contributed by atoms with van der Waals surface area (Å²) in [4.78, 5) is 27.4. The summed E-state index contributed by atoms with van der Waals surface area (Å²) in [5, 5.41) is 12.7. The number of rotatable bonds is 6. The summed E-state index contributed by atoms with van der Waals surface area (Å²) in [6.07, 6.45) is 2.14. The maximum Gasteiger partial charge on any atom is 0.414 e. The molecule has 1 aliphatic heterocycles. The molecule has 0 spiro atoms. The van der Waals surface area contributed by atoms with Crippen LogP contribution in [0.1, 0.15) is 5.56 Å². The lowest BCUT2D eigenvalue weighted by Crippen LogP contribution is -2.49. The molecule has 1 saturated heterocycles. The highest BCUT2D eigenvalue weighted by Crippen LogP contribution is 2.26. The first kappa shape index (κ1) is 22.1. The second kappa shape index (κ2) is 9.06. The number of alkyl carbamates (subject to hydrolysis) is 1. The van der Waals surface area contributed by atoms with Crippen molar-refractivity contribution < 1.29 is 18.8 Å². The van der Waals surface area contributed by atoms with Gasteiger partial charge in [0.25, 0.3) is 0 Å². The fourth-order valence-corrected chi connectivity index (χ4v) is 2.62. The van der Waals surface area contributed by atoms with E-state index in [-0.39, 0.29) is 23.0 Å². The minimum Gasteiger partial charge on any atom is -0.444 e. The van der Waals surface area contributed by atoms with Crippen molar-refractivity contribution in [1.29, 1.82) is 5.41 Å². The zero-order valence-electron chi connectivity index (χ0n) is 17.5. The Balaban J connectivity index is 1.64. The van der Waals surface area contributed by atoms with Gasteiger partial charge in [-0.05, 0) is 0 Å². The molecule has 1 aromatic heterocycles. The Bertz CT molecular complexity index is 1010. The first-order valence-corrected chi connectivity index (χ1v) is 9.49. The van der Waals surface area contributed by atoms with Gasteiger partial charge in [0, 0.05) is 34.4 Å². The Morgan fingerprint density at radius 2 is 2.00 bits per heavy atom. The molecule has 10 nitrogen and oxygen atoms in total. The molecule has 0 saturated carbocycles. The minimum atomic E-state index is -0.935. The number of nitrogens with two attached hydrogens (primary N) is 1. The Morgan fingerprint density at radius 3 is 2.61 bits per heavy atom. The van der Waals surface area contributed by atoms with Crippen LogP contribution in [-0.4, -0.2) is 69.7 Å². The fraction of sp³-hybridized carbons (Fsp3) is 0.235. The van der Waals surface area contributed by atoms with Gasteiger partial charge in [-0.1, -0.05) is 23.4 Å². The van der Waals surface area contributed by atoms with Gasteiger partial charge in [0.15, 0.2) is 5.96 Å². The van der Waals surface area contributed by atoms with E-state index in [1.54, 1.807) is 12.1 Å². The van der Waals surface area contributed by atoms with E-state index in [1.165, 1.54) is 18.5 Å². The predicted octanol–water partition coefficient (Wildman–Crippen LogP) is -1.89. The van der Waals surface area contributed by atoms with Crippen LogP contribution < -0.4 is 16.0 Å². The van der Waals surface area contributed by atoms with Gasteiger partial charge >= 0.3 is 6.09 Å². The van der Waals surface area contributed by atoms with Crippen LogP contribution in [0.15, 0.2) is 35.7 Å². The molecule has 31 heavy (non-hydrogen) atoms. The summed E-state index contributed by atoms with van der Waals surface area (Å²) in [5.74, 6) is -0.592. The predicted molar refractivity (Wildman–Crippen MR) is 122 cm³/mol. The number of ether oxygens (including phenoxy) is 1. The molecule has 1 aliphatic rings. The van der Waals surface area contributed by atoms with E-state index in [0.29, 0.717) is 24.6 Å². The van der Waals surface area contributed by atoms with Crippen molar-refractivity contribution >= 4 is 47.3 Å². The van der Waals surface area contributed by atoms with Gasteiger partial charge in [0.1, 0.15) is 36.0 Å². The summed E-state index contributed by atoms with van der Waals surface area (Å²) >= 11 is 0. The largest absolute Gasteiger partial charge is 0.444 e. The van der Waals surface area contributed by atoms with Crippen LogP contribution in [0.3, 0.4) is 0 Å². The molecule has 0 atom stereocenters. The van der Waals surface area contributed by atoms with Crippen molar-refractivity contribution in [3.8, 4) is 11.1 Å². The number of nitrogens with zero attached hydrogens (tertiary/aromatic N) is 4. The van der Waals surface area contributed by atoms with Crippen LogP contribution in [0.4, 0.5) is 15.1 Å². The van der Waals surface area contributed by atoms with Crippen molar-refractivity contribution in [3.05, 3.63) is 42.0 Å². The normalized spacial score (nSPS) is 13.2. The number of halogens is 1. The average Bonchev–Trinajstić information content (AvgIpc) is 2.65. The second-order valence-electron chi connectivity index (χ2n) is 7.88. The molecular weight excluding hydrogens is 402 g/mol. The molecule has 1 aromatic carbocycles. The highest BCUT2D eigenvalue weighted by molar-refractivity contribution is 6.58. The molecule has 4 N–H and O–H groups in total. The summed E-state index contributed by atoms with van der Waals surface area (Å²) in [5.41, 5.74) is 6.88. The summed E-state index contributed by atoms with van der Waals surface area (Å²) in [6.45, 7) is 0.822. The molecule has 0 unspecified atom stereocenters.